The molecule has 6 heteroatoms. The highest BCUT2D eigenvalue weighted by atomic mass is 79.9. The molecule has 0 saturated heterocycles. The molecule has 0 bridgehead atoms. The van der Waals surface area contributed by atoms with E-state index in [-0.39, 0.29) is 5.33 Å². The van der Waals surface area contributed by atoms with Gasteiger partial charge in [0.25, 0.3) is 0 Å². The number of hydrogen-bond acceptors (Lipinski definition) is 0. The van der Waals surface area contributed by atoms with Crippen LogP contribution in [0, 0.1) is 23.3 Å². The summed E-state index contributed by atoms with van der Waals surface area (Å²) in [5, 5.41) is -0.293. The standard InChI is InChI=1S/C7H4BrF4N/c8-1-2-3(9)5(11)7(13)6(12)4(2)10/h1,13H2/p+1. The molecule has 3 N–H and O–H groups in total. The zero-order valence-electron chi connectivity index (χ0n) is 6.30. The second-order valence-corrected chi connectivity index (χ2v) is 2.91. The average molecular weight is 259 g/mol. The Hall–Kier alpha value is -0.620. The van der Waals surface area contributed by atoms with E-state index in [1.807, 2.05) is 0 Å². The first-order valence-corrected chi connectivity index (χ1v) is 4.35. The maximum absolute atomic E-state index is 12.9. The van der Waals surface area contributed by atoms with Gasteiger partial charge in [0.05, 0.1) is 0 Å². The number of quaternary nitrogens is 1. The van der Waals surface area contributed by atoms with Crippen molar-refractivity contribution in [3.63, 3.8) is 0 Å². The molecule has 13 heavy (non-hydrogen) atoms. The van der Waals surface area contributed by atoms with Crippen molar-refractivity contribution in [2.24, 2.45) is 0 Å². The maximum atomic E-state index is 12.9. The summed E-state index contributed by atoms with van der Waals surface area (Å²) in [6.07, 6.45) is 0. The van der Waals surface area contributed by atoms with Gasteiger partial charge in [-0.25, -0.2) is 8.78 Å². The molecular formula is C7H5BrF4N+. The van der Waals surface area contributed by atoms with E-state index >= 15 is 0 Å². The summed E-state index contributed by atoms with van der Waals surface area (Å²) in [7, 11) is 0. The van der Waals surface area contributed by atoms with Crippen molar-refractivity contribution in [1.29, 1.82) is 0 Å². The van der Waals surface area contributed by atoms with E-state index < -0.39 is 34.5 Å². The summed E-state index contributed by atoms with van der Waals surface area (Å²) in [6.45, 7) is 0. The first kappa shape index (κ1) is 10.5. The van der Waals surface area contributed by atoms with Gasteiger partial charge in [0.1, 0.15) is 0 Å². The predicted octanol–water partition coefficient (Wildman–Crippen LogP) is 2.01. The van der Waals surface area contributed by atoms with Gasteiger partial charge in [0.15, 0.2) is 11.6 Å². The van der Waals surface area contributed by atoms with Crippen molar-refractivity contribution in [3.05, 3.63) is 28.8 Å². The van der Waals surface area contributed by atoms with Crippen molar-refractivity contribution in [2.45, 2.75) is 5.33 Å². The highest BCUT2D eigenvalue weighted by Crippen LogP contribution is 2.25. The van der Waals surface area contributed by atoms with Crippen LogP contribution in [-0.2, 0) is 5.33 Å². The van der Waals surface area contributed by atoms with E-state index in [0.717, 1.165) is 0 Å². The lowest BCUT2D eigenvalue weighted by Gasteiger charge is -2.03. The average Bonchev–Trinajstić information content (AvgIpc) is 2.13. The minimum atomic E-state index is -1.45. The lowest BCUT2D eigenvalue weighted by atomic mass is 10.2. The van der Waals surface area contributed by atoms with E-state index in [4.69, 9.17) is 0 Å². The minimum Gasteiger partial charge on any atom is -0.320 e. The molecule has 72 valence electrons. The predicted molar refractivity (Wildman–Crippen MR) is 41.5 cm³/mol. The smallest absolute Gasteiger partial charge is 0.222 e. The van der Waals surface area contributed by atoms with Crippen LogP contribution in [-0.4, -0.2) is 0 Å². The summed E-state index contributed by atoms with van der Waals surface area (Å²) in [5.74, 6) is -5.71. The minimum absolute atomic E-state index is 0.293. The number of hydrogen-bond donors (Lipinski definition) is 1. The second kappa shape index (κ2) is 3.63. The summed E-state index contributed by atoms with van der Waals surface area (Å²) in [5.41, 5.74) is 1.32. The Morgan fingerprint density at radius 1 is 0.923 bits per heavy atom. The zero-order chi connectivity index (χ0) is 10.2. The van der Waals surface area contributed by atoms with E-state index in [2.05, 4.69) is 21.7 Å². The van der Waals surface area contributed by atoms with Crippen molar-refractivity contribution in [2.75, 3.05) is 0 Å². The van der Waals surface area contributed by atoms with E-state index in [9.17, 15) is 17.6 Å². The summed E-state index contributed by atoms with van der Waals surface area (Å²) in [6, 6.07) is 0. The fourth-order valence-corrected chi connectivity index (χ4v) is 1.33. The molecule has 0 spiro atoms. The van der Waals surface area contributed by atoms with Crippen LogP contribution in [0.25, 0.3) is 0 Å². The zero-order valence-corrected chi connectivity index (χ0v) is 7.89. The number of alkyl halides is 1. The summed E-state index contributed by atoms with van der Waals surface area (Å²) < 4.78 is 51.2. The number of benzene rings is 1. The second-order valence-electron chi connectivity index (χ2n) is 2.35. The third-order valence-corrected chi connectivity index (χ3v) is 2.14. The molecule has 0 aliphatic heterocycles. The van der Waals surface area contributed by atoms with Gasteiger partial charge in [0.2, 0.25) is 17.3 Å². The van der Waals surface area contributed by atoms with Gasteiger partial charge in [-0.05, 0) is 0 Å². The molecule has 1 aromatic carbocycles. The Bertz CT molecular complexity index is 324. The van der Waals surface area contributed by atoms with Crippen LogP contribution >= 0.6 is 15.9 Å². The Balaban J connectivity index is 3.56. The molecule has 0 radical (unpaired) electrons. The third kappa shape index (κ3) is 1.55. The maximum Gasteiger partial charge on any atom is 0.222 e. The van der Waals surface area contributed by atoms with Gasteiger partial charge >= 0.3 is 0 Å². The van der Waals surface area contributed by atoms with E-state index in [1.165, 1.54) is 0 Å². The van der Waals surface area contributed by atoms with Gasteiger partial charge in [-0.3, -0.25) is 0 Å². The Kier molecular flexibility index (Phi) is 2.92. The van der Waals surface area contributed by atoms with Crippen LogP contribution in [0.5, 0.6) is 0 Å². The molecule has 1 aromatic rings. The summed E-state index contributed by atoms with van der Waals surface area (Å²) >= 11 is 2.72. The van der Waals surface area contributed by atoms with Gasteiger partial charge in [0, 0.05) is 10.9 Å². The fourth-order valence-electron chi connectivity index (χ4n) is 0.840. The van der Waals surface area contributed by atoms with Gasteiger partial charge in [-0.15, -0.1) is 0 Å². The highest BCUT2D eigenvalue weighted by molar-refractivity contribution is 9.08. The van der Waals surface area contributed by atoms with Crippen LogP contribution < -0.4 is 5.73 Å². The third-order valence-electron chi connectivity index (χ3n) is 1.58. The highest BCUT2D eigenvalue weighted by Gasteiger charge is 2.25. The number of halogens is 5. The van der Waals surface area contributed by atoms with Crippen LogP contribution in [0.2, 0.25) is 0 Å². The van der Waals surface area contributed by atoms with E-state index in [0.29, 0.717) is 0 Å². The molecular weight excluding hydrogens is 254 g/mol. The largest absolute Gasteiger partial charge is 0.320 e. The monoisotopic (exact) mass is 258 g/mol. The quantitative estimate of drug-likeness (QED) is 0.454. The molecule has 0 aliphatic carbocycles. The van der Waals surface area contributed by atoms with Crippen LogP contribution in [0.3, 0.4) is 0 Å². The van der Waals surface area contributed by atoms with Crippen LogP contribution in [0.15, 0.2) is 0 Å². The lowest BCUT2D eigenvalue weighted by molar-refractivity contribution is -0.263. The molecule has 0 aliphatic rings. The molecule has 0 aromatic heterocycles. The molecule has 0 atom stereocenters. The van der Waals surface area contributed by atoms with Gasteiger partial charge in [-0.2, -0.15) is 8.78 Å². The Morgan fingerprint density at radius 2 is 1.31 bits per heavy atom. The normalized spacial score (nSPS) is 10.6. The molecule has 0 heterocycles. The van der Waals surface area contributed by atoms with Gasteiger partial charge in [-0.1, -0.05) is 15.9 Å². The SMILES string of the molecule is [NH3+]c1c(F)c(F)c(CBr)c(F)c1F. The van der Waals surface area contributed by atoms with Crippen molar-refractivity contribution in [3.8, 4) is 0 Å². The topological polar surface area (TPSA) is 27.6 Å². The molecule has 0 unspecified atom stereocenters. The molecule has 0 amide bonds. The van der Waals surface area contributed by atoms with Crippen molar-refractivity contribution < 1.29 is 23.3 Å². The molecule has 1 nitrogen and oxygen atoms in total. The first-order chi connectivity index (χ1) is 6.00. The Morgan fingerprint density at radius 3 is 1.62 bits per heavy atom. The fraction of sp³-hybridized carbons (Fsp3) is 0.143. The lowest BCUT2D eigenvalue weighted by Crippen LogP contribution is -2.43. The molecule has 1 rings (SSSR count). The van der Waals surface area contributed by atoms with Gasteiger partial charge < -0.3 is 5.73 Å². The molecule has 0 fully saturated rings. The van der Waals surface area contributed by atoms with E-state index in [1.54, 1.807) is 0 Å². The first-order valence-electron chi connectivity index (χ1n) is 3.23. The molecule has 0 saturated carbocycles. The Labute approximate surface area is 79.7 Å². The van der Waals surface area contributed by atoms with Crippen LogP contribution in [0.1, 0.15) is 5.56 Å². The van der Waals surface area contributed by atoms with Crippen LogP contribution in [0.4, 0.5) is 23.2 Å². The van der Waals surface area contributed by atoms with Crippen molar-refractivity contribution >= 4 is 21.6 Å². The van der Waals surface area contributed by atoms with Crippen molar-refractivity contribution in [1.82, 2.24) is 0 Å². The summed E-state index contributed by atoms with van der Waals surface area (Å²) in [4.78, 5) is 0. The number of rotatable bonds is 1.